The minimum Gasteiger partial charge on any atom is -0.354 e. The number of aliphatic imine (C=N–C) groups is 1. The fourth-order valence-electron chi connectivity index (χ4n) is 6.28. The van der Waals surface area contributed by atoms with E-state index in [2.05, 4.69) is 20.6 Å². The number of aromatic nitrogens is 1. The third-order valence-corrected chi connectivity index (χ3v) is 8.43. The highest BCUT2D eigenvalue weighted by atomic mass is 35.5. The third kappa shape index (κ3) is 4.65. The molecule has 0 bridgehead atoms. The molecule has 36 heavy (non-hydrogen) atoms. The van der Waals surface area contributed by atoms with Gasteiger partial charge in [-0.05, 0) is 68.4 Å². The van der Waals surface area contributed by atoms with Crippen LogP contribution in [0.1, 0.15) is 76.5 Å². The van der Waals surface area contributed by atoms with Gasteiger partial charge in [-0.3, -0.25) is 19.6 Å². The molecule has 1 spiro atoms. The molecule has 3 aliphatic rings. The maximum atomic E-state index is 15.2. The zero-order valence-corrected chi connectivity index (χ0v) is 21.6. The zero-order valence-electron chi connectivity index (χ0n) is 20.8. The topological polar surface area (TPSA) is 83.5 Å². The van der Waals surface area contributed by atoms with Crippen molar-refractivity contribution >= 4 is 34.8 Å². The second kappa shape index (κ2) is 9.92. The lowest BCUT2D eigenvalue weighted by Crippen LogP contribution is -2.41. The highest BCUT2D eigenvalue weighted by Gasteiger charge is 2.44. The minimum atomic E-state index is -0.334. The molecule has 2 aliphatic carbocycles. The van der Waals surface area contributed by atoms with Gasteiger partial charge in [0, 0.05) is 41.8 Å². The number of rotatable bonds is 5. The van der Waals surface area contributed by atoms with Gasteiger partial charge in [0.25, 0.3) is 0 Å². The van der Waals surface area contributed by atoms with Crippen molar-refractivity contribution in [2.75, 3.05) is 0 Å². The largest absolute Gasteiger partial charge is 0.354 e. The molecule has 2 heterocycles. The monoisotopic (exact) mass is 510 g/mol. The van der Waals surface area contributed by atoms with Gasteiger partial charge in [0.05, 0.1) is 17.3 Å². The van der Waals surface area contributed by atoms with Crippen LogP contribution >= 0.6 is 11.6 Å². The van der Waals surface area contributed by atoms with Crippen molar-refractivity contribution in [2.45, 2.75) is 83.2 Å². The fraction of sp³-hybridized carbons (Fsp3) is 0.500. The molecule has 2 atom stereocenters. The van der Waals surface area contributed by atoms with Crippen molar-refractivity contribution < 1.29 is 14.0 Å². The number of hydrogen-bond donors (Lipinski definition) is 2. The molecule has 0 saturated heterocycles. The van der Waals surface area contributed by atoms with Crippen LogP contribution in [0.25, 0.3) is 11.1 Å². The molecular formula is C28H32ClFN4O2. The van der Waals surface area contributed by atoms with Gasteiger partial charge in [-0.2, -0.15) is 0 Å². The lowest BCUT2D eigenvalue weighted by atomic mass is 9.76. The van der Waals surface area contributed by atoms with Gasteiger partial charge in [0.2, 0.25) is 11.8 Å². The zero-order chi connectivity index (χ0) is 25.4. The smallest absolute Gasteiger partial charge is 0.223 e. The van der Waals surface area contributed by atoms with Crippen molar-refractivity contribution in [1.29, 1.82) is 0 Å². The number of carbonyl (C=O) groups is 2. The van der Waals surface area contributed by atoms with E-state index in [0.29, 0.717) is 34.0 Å². The predicted octanol–water partition coefficient (Wildman–Crippen LogP) is 5.77. The minimum absolute atomic E-state index is 0.0391. The van der Waals surface area contributed by atoms with Crippen LogP contribution in [-0.2, 0) is 21.5 Å². The molecule has 1 aromatic heterocycles. The molecule has 0 radical (unpaired) electrons. The summed E-state index contributed by atoms with van der Waals surface area (Å²) >= 11 is 6.52. The van der Waals surface area contributed by atoms with E-state index < -0.39 is 0 Å². The van der Waals surface area contributed by atoms with Crippen molar-refractivity contribution in [3.8, 4) is 11.1 Å². The van der Waals surface area contributed by atoms with Gasteiger partial charge in [-0.25, -0.2) is 4.39 Å². The summed E-state index contributed by atoms with van der Waals surface area (Å²) in [6.07, 6.45) is 9.02. The van der Waals surface area contributed by atoms with Gasteiger partial charge >= 0.3 is 0 Å². The number of benzene rings is 1. The number of nitrogens with one attached hydrogen (secondary N) is 2. The number of fused-ring (bicyclic) bond motifs is 2. The van der Waals surface area contributed by atoms with E-state index in [4.69, 9.17) is 11.6 Å². The van der Waals surface area contributed by atoms with Gasteiger partial charge in [-0.15, -0.1) is 0 Å². The van der Waals surface area contributed by atoms with Crippen LogP contribution in [0.3, 0.4) is 0 Å². The lowest BCUT2D eigenvalue weighted by molar-refractivity contribution is -0.127. The van der Waals surface area contributed by atoms with Crippen molar-refractivity contribution in [3.05, 3.63) is 46.5 Å². The van der Waals surface area contributed by atoms with Crippen LogP contribution < -0.4 is 10.6 Å². The Labute approximate surface area is 216 Å². The van der Waals surface area contributed by atoms with Crippen LogP contribution in [0.4, 0.5) is 10.1 Å². The molecule has 2 amide bonds. The quantitative estimate of drug-likeness (QED) is 0.535. The Bertz CT molecular complexity index is 1240. The van der Waals surface area contributed by atoms with Gasteiger partial charge in [0.1, 0.15) is 11.5 Å². The molecule has 6 nitrogen and oxygen atoms in total. The van der Waals surface area contributed by atoms with Crippen LogP contribution in [0.5, 0.6) is 0 Å². The maximum absolute atomic E-state index is 15.2. The Morgan fingerprint density at radius 3 is 2.69 bits per heavy atom. The Hall–Kier alpha value is -2.80. The van der Waals surface area contributed by atoms with E-state index in [-0.39, 0.29) is 41.6 Å². The predicted molar refractivity (Wildman–Crippen MR) is 139 cm³/mol. The average Bonchev–Trinajstić information content (AvgIpc) is 3.45. The summed E-state index contributed by atoms with van der Waals surface area (Å²) in [6.45, 7) is 3.77. The van der Waals surface area contributed by atoms with Gasteiger partial charge in [0.15, 0.2) is 0 Å². The molecule has 1 aliphatic heterocycles. The number of carbonyl (C=O) groups excluding carboxylic acids is 2. The normalized spacial score (nSPS) is 22.3. The van der Waals surface area contributed by atoms with Crippen molar-refractivity contribution in [1.82, 2.24) is 15.6 Å². The van der Waals surface area contributed by atoms with E-state index in [9.17, 15) is 9.59 Å². The average molecular weight is 511 g/mol. The van der Waals surface area contributed by atoms with Gasteiger partial charge < -0.3 is 10.6 Å². The molecule has 0 unspecified atom stereocenters. The summed E-state index contributed by atoms with van der Waals surface area (Å²) in [7, 11) is 0. The Kier molecular flexibility index (Phi) is 6.86. The first kappa shape index (κ1) is 24.9. The molecule has 2 fully saturated rings. The van der Waals surface area contributed by atoms with E-state index >= 15 is 4.39 Å². The summed E-state index contributed by atoms with van der Waals surface area (Å²) < 4.78 is 15.2. The first-order chi connectivity index (χ1) is 17.3. The van der Waals surface area contributed by atoms with Crippen LogP contribution in [0.15, 0.2) is 29.4 Å². The lowest BCUT2D eigenvalue weighted by Gasteiger charge is -2.28. The summed E-state index contributed by atoms with van der Waals surface area (Å²) in [4.78, 5) is 33.2. The summed E-state index contributed by atoms with van der Waals surface area (Å²) in [5, 5.41) is 6.36. The molecule has 5 rings (SSSR count). The maximum Gasteiger partial charge on any atom is 0.223 e. The highest BCUT2D eigenvalue weighted by molar-refractivity contribution is 6.33. The summed E-state index contributed by atoms with van der Waals surface area (Å²) in [6, 6.07) is 5.40. The first-order valence-corrected chi connectivity index (χ1v) is 13.2. The molecule has 8 heteroatoms. The molecule has 190 valence electrons. The van der Waals surface area contributed by atoms with Crippen LogP contribution in [0.2, 0.25) is 5.02 Å². The second-order valence-corrected chi connectivity index (χ2v) is 10.9. The number of pyridine rings is 1. The van der Waals surface area contributed by atoms with E-state index in [0.717, 1.165) is 56.2 Å². The Morgan fingerprint density at radius 2 is 1.94 bits per heavy atom. The number of amides is 2. The van der Waals surface area contributed by atoms with E-state index in [1.807, 2.05) is 19.1 Å². The van der Waals surface area contributed by atoms with Crippen LogP contribution in [0, 0.1) is 11.7 Å². The van der Waals surface area contributed by atoms with E-state index in [1.165, 1.54) is 13.0 Å². The first-order valence-electron chi connectivity index (χ1n) is 12.9. The Morgan fingerprint density at radius 1 is 1.17 bits per heavy atom. The molecular weight excluding hydrogens is 479 g/mol. The fourth-order valence-corrected chi connectivity index (χ4v) is 6.49. The number of hydrogen-bond acceptors (Lipinski definition) is 4. The van der Waals surface area contributed by atoms with Crippen molar-refractivity contribution in [2.24, 2.45) is 10.9 Å². The van der Waals surface area contributed by atoms with Crippen LogP contribution in [-0.4, -0.2) is 28.6 Å². The van der Waals surface area contributed by atoms with Crippen molar-refractivity contribution in [3.63, 3.8) is 0 Å². The Balaban J connectivity index is 1.34. The molecule has 1 aromatic carbocycles. The standard InChI is InChI=1S/C28H32ClFN4O2/c1-16-28(8-3-4-9-28)23-11-19(12-25(30)26(23)33-16)22-13-21(31-15-24(22)29)14-32-27(36)18-6-5-7-20(10-18)34-17(2)35/h11-13,15,18,20H,3-10,14H2,1-2H3,(H,32,36)(H,34,35)/t18-,20+/m0/s1. The molecule has 2 aromatic rings. The second-order valence-electron chi connectivity index (χ2n) is 10.5. The third-order valence-electron chi connectivity index (χ3n) is 8.13. The highest BCUT2D eigenvalue weighted by Crippen LogP contribution is 2.52. The SMILES string of the molecule is CC(=O)N[C@@H]1CCC[C@H](C(=O)NCc2cc(-c3cc(F)c4c(c3)C3(CCCC3)C(C)=N4)c(Cl)cn2)C1. The summed E-state index contributed by atoms with van der Waals surface area (Å²) in [5.74, 6) is -0.580. The number of nitrogens with zero attached hydrogens (tertiary/aromatic N) is 2. The summed E-state index contributed by atoms with van der Waals surface area (Å²) in [5.41, 5.74) is 4.30. The molecule has 2 saturated carbocycles. The van der Waals surface area contributed by atoms with Gasteiger partial charge in [-0.1, -0.05) is 30.9 Å². The number of halogens is 2. The molecule has 2 N–H and O–H groups in total. The van der Waals surface area contributed by atoms with E-state index in [1.54, 1.807) is 6.20 Å².